The van der Waals surface area contributed by atoms with Gasteiger partial charge in [-0.1, -0.05) is 17.7 Å². The highest BCUT2D eigenvalue weighted by molar-refractivity contribution is 6.31. The van der Waals surface area contributed by atoms with Crippen LogP contribution >= 0.6 is 11.6 Å². The molecule has 0 fully saturated rings. The van der Waals surface area contributed by atoms with Crippen LogP contribution in [-0.2, 0) is 0 Å². The zero-order valence-electron chi connectivity index (χ0n) is 8.23. The van der Waals surface area contributed by atoms with Crippen LogP contribution in [0, 0.1) is 6.92 Å². The summed E-state index contributed by atoms with van der Waals surface area (Å²) in [6.07, 6.45) is 0. The number of carbonyl (C=O) groups is 1. The zero-order valence-corrected chi connectivity index (χ0v) is 8.98. The molecule has 1 aromatic rings. The largest absolute Gasteiger partial charge is 0.338 e. The van der Waals surface area contributed by atoms with Gasteiger partial charge in [-0.15, -0.1) is 0 Å². The smallest absolute Gasteiger partial charge is 0.319 e. The van der Waals surface area contributed by atoms with Crippen molar-refractivity contribution in [1.29, 1.82) is 0 Å². The van der Waals surface area contributed by atoms with E-state index in [2.05, 4.69) is 10.6 Å². The second kappa shape index (κ2) is 4.86. The van der Waals surface area contributed by atoms with Gasteiger partial charge < -0.3 is 10.6 Å². The fourth-order valence-electron chi connectivity index (χ4n) is 1.06. The number of rotatable bonds is 2. The molecule has 2 N–H and O–H groups in total. The first-order valence-corrected chi connectivity index (χ1v) is 4.82. The van der Waals surface area contributed by atoms with E-state index in [0.717, 1.165) is 11.3 Å². The Bertz CT molecular complexity index is 339. The third-order valence-electron chi connectivity index (χ3n) is 1.79. The molecule has 1 aromatic carbocycles. The van der Waals surface area contributed by atoms with E-state index >= 15 is 0 Å². The normalized spacial score (nSPS) is 9.64. The molecule has 0 aliphatic carbocycles. The highest BCUT2D eigenvalue weighted by Crippen LogP contribution is 2.19. The van der Waals surface area contributed by atoms with Crippen molar-refractivity contribution in [1.82, 2.24) is 5.32 Å². The van der Waals surface area contributed by atoms with Crippen molar-refractivity contribution < 1.29 is 4.79 Å². The second-order valence-electron chi connectivity index (χ2n) is 2.94. The monoisotopic (exact) mass is 212 g/mol. The number of hydrogen-bond acceptors (Lipinski definition) is 1. The van der Waals surface area contributed by atoms with Crippen molar-refractivity contribution >= 4 is 23.3 Å². The average Bonchev–Trinajstić information content (AvgIpc) is 2.12. The molecule has 0 saturated heterocycles. The first kappa shape index (κ1) is 10.9. The molecule has 1 rings (SSSR count). The Morgan fingerprint density at radius 2 is 2.21 bits per heavy atom. The van der Waals surface area contributed by atoms with Gasteiger partial charge in [0.15, 0.2) is 0 Å². The molecule has 14 heavy (non-hydrogen) atoms. The molecule has 0 spiro atoms. The molecule has 0 aromatic heterocycles. The molecule has 0 atom stereocenters. The molecule has 4 heteroatoms. The molecule has 0 radical (unpaired) electrons. The number of halogens is 1. The molecule has 0 aliphatic rings. The van der Waals surface area contributed by atoms with Crippen molar-refractivity contribution in [3.63, 3.8) is 0 Å². The summed E-state index contributed by atoms with van der Waals surface area (Å²) in [4.78, 5) is 11.2. The molecule has 0 saturated carbocycles. The number of benzene rings is 1. The van der Waals surface area contributed by atoms with Gasteiger partial charge in [-0.3, -0.25) is 0 Å². The van der Waals surface area contributed by atoms with E-state index in [4.69, 9.17) is 11.6 Å². The van der Waals surface area contributed by atoms with Crippen LogP contribution in [0.1, 0.15) is 12.5 Å². The van der Waals surface area contributed by atoms with Crippen molar-refractivity contribution in [2.24, 2.45) is 0 Å². The Morgan fingerprint density at radius 3 is 2.86 bits per heavy atom. The number of amides is 2. The Labute approximate surface area is 88.5 Å². The van der Waals surface area contributed by atoms with Gasteiger partial charge in [0, 0.05) is 17.3 Å². The predicted molar refractivity (Wildman–Crippen MR) is 58.9 cm³/mol. The van der Waals surface area contributed by atoms with Gasteiger partial charge in [0.2, 0.25) is 0 Å². The molecular weight excluding hydrogens is 200 g/mol. The van der Waals surface area contributed by atoms with Crippen molar-refractivity contribution in [2.45, 2.75) is 13.8 Å². The zero-order chi connectivity index (χ0) is 10.6. The standard InChI is InChI=1S/C10H13ClN2O/c1-3-12-10(14)13-9-6-8(11)5-4-7(9)2/h4-6H,3H2,1-2H3,(H2,12,13,14). The highest BCUT2D eigenvalue weighted by Gasteiger charge is 2.03. The lowest BCUT2D eigenvalue weighted by atomic mass is 10.2. The van der Waals surface area contributed by atoms with E-state index in [0.29, 0.717) is 11.6 Å². The van der Waals surface area contributed by atoms with E-state index < -0.39 is 0 Å². The Morgan fingerprint density at radius 1 is 1.50 bits per heavy atom. The summed E-state index contributed by atoms with van der Waals surface area (Å²) in [5.74, 6) is 0. The maximum Gasteiger partial charge on any atom is 0.319 e. The minimum Gasteiger partial charge on any atom is -0.338 e. The van der Waals surface area contributed by atoms with Crippen LogP contribution in [0.25, 0.3) is 0 Å². The molecule has 0 unspecified atom stereocenters. The Balaban J connectivity index is 2.75. The molecule has 0 bridgehead atoms. The number of anilines is 1. The summed E-state index contributed by atoms with van der Waals surface area (Å²) in [5, 5.41) is 5.98. The van der Waals surface area contributed by atoms with Crippen LogP contribution in [0.15, 0.2) is 18.2 Å². The van der Waals surface area contributed by atoms with Crippen LogP contribution in [0.2, 0.25) is 5.02 Å². The van der Waals surface area contributed by atoms with Crippen LogP contribution < -0.4 is 10.6 Å². The van der Waals surface area contributed by atoms with E-state index in [1.807, 2.05) is 19.9 Å². The summed E-state index contributed by atoms with van der Waals surface area (Å²) in [6, 6.07) is 5.17. The first-order valence-electron chi connectivity index (χ1n) is 4.44. The lowest BCUT2D eigenvalue weighted by Crippen LogP contribution is -2.28. The fraction of sp³-hybridized carbons (Fsp3) is 0.300. The summed E-state index contributed by atoms with van der Waals surface area (Å²) in [5.41, 5.74) is 1.73. The van der Waals surface area contributed by atoms with Gasteiger partial charge in [-0.2, -0.15) is 0 Å². The molecule has 76 valence electrons. The fourth-order valence-corrected chi connectivity index (χ4v) is 1.23. The summed E-state index contributed by atoms with van der Waals surface area (Å²) >= 11 is 5.81. The third kappa shape index (κ3) is 2.92. The van der Waals surface area contributed by atoms with Gasteiger partial charge in [-0.25, -0.2) is 4.79 Å². The SMILES string of the molecule is CCNC(=O)Nc1cc(Cl)ccc1C. The summed E-state index contributed by atoms with van der Waals surface area (Å²) in [7, 11) is 0. The second-order valence-corrected chi connectivity index (χ2v) is 3.38. The van der Waals surface area contributed by atoms with E-state index in [9.17, 15) is 4.79 Å². The highest BCUT2D eigenvalue weighted by atomic mass is 35.5. The van der Waals surface area contributed by atoms with Crippen LogP contribution in [0.4, 0.5) is 10.5 Å². The lowest BCUT2D eigenvalue weighted by molar-refractivity contribution is 0.252. The molecule has 0 aliphatic heterocycles. The van der Waals surface area contributed by atoms with Crippen LogP contribution in [0.3, 0.4) is 0 Å². The lowest BCUT2D eigenvalue weighted by Gasteiger charge is -2.08. The number of aryl methyl sites for hydroxylation is 1. The Kier molecular flexibility index (Phi) is 3.77. The van der Waals surface area contributed by atoms with E-state index in [-0.39, 0.29) is 6.03 Å². The van der Waals surface area contributed by atoms with Crippen molar-refractivity contribution in [3.05, 3.63) is 28.8 Å². The third-order valence-corrected chi connectivity index (χ3v) is 2.02. The van der Waals surface area contributed by atoms with Gasteiger partial charge in [0.05, 0.1) is 0 Å². The topological polar surface area (TPSA) is 41.1 Å². The van der Waals surface area contributed by atoms with Crippen LogP contribution in [0.5, 0.6) is 0 Å². The quantitative estimate of drug-likeness (QED) is 0.778. The minimum absolute atomic E-state index is 0.210. The first-order chi connectivity index (χ1) is 6.63. The molecular formula is C10H13ClN2O. The number of hydrogen-bond donors (Lipinski definition) is 2. The maximum atomic E-state index is 11.2. The minimum atomic E-state index is -0.210. The summed E-state index contributed by atoms with van der Waals surface area (Å²) < 4.78 is 0. The summed E-state index contributed by atoms with van der Waals surface area (Å²) in [6.45, 7) is 4.38. The predicted octanol–water partition coefficient (Wildman–Crippen LogP) is 2.79. The average molecular weight is 213 g/mol. The number of urea groups is 1. The van der Waals surface area contributed by atoms with Gasteiger partial charge in [0.25, 0.3) is 0 Å². The van der Waals surface area contributed by atoms with Gasteiger partial charge in [-0.05, 0) is 31.5 Å². The number of nitrogens with one attached hydrogen (secondary N) is 2. The van der Waals surface area contributed by atoms with Crippen molar-refractivity contribution in [3.8, 4) is 0 Å². The molecule has 0 heterocycles. The van der Waals surface area contributed by atoms with E-state index in [1.165, 1.54) is 0 Å². The van der Waals surface area contributed by atoms with Gasteiger partial charge >= 0.3 is 6.03 Å². The maximum absolute atomic E-state index is 11.2. The van der Waals surface area contributed by atoms with Crippen LogP contribution in [-0.4, -0.2) is 12.6 Å². The number of carbonyl (C=O) groups excluding carboxylic acids is 1. The van der Waals surface area contributed by atoms with Crippen molar-refractivity contribution in [2.75, 3.05) is 11.9 Å². The molecule has 3 nitrogen and oxygen atoms in total. The Hall–Kier alpha value is -1.22. The molecule has 2 amide bonds. The van der Waals surface area contributed by atoms with E-state index in [1.54, 1.807) is 12.1 Å². The van der Waals surface area contributed by atoms with Gasteiger partial charge in [0.1, 0.15) is 0 Å².